The van der Waals surface area contributed by atoms with E-state index < -0.39 is 29.2 Å². The van der Waals surface area contributed by atoms with Crippen molar-refractivity contribution >= 4 is 40.2 Å². The van der Waals surface area contributed by atoms with Crippen LogP contribution in [0.2, 0.25) is 5.02 Å². The highest BCUT2D eigenvalue weighted by molar-refractivity contribution is 6.31. The number of amides is 2. The number of carbonyl (C=O) groups excluding carboxylic acids is 2. The summed E-state index contributed by atoms with van der Waals surface area (Å²) in [4.78, 5) is 32.2. The maximum absolute atomic E-state index is 13.7. The molecule has 33 heavy (non-hydrogen) atoms. The zero-order valence-electron chi connectivity index (χ0n) is 18.3. The average molecular weight is 474 g/mol. The van der Waals surface area contributed by atoms with Gasteiger partial charge in [-0.3, -0.25) is 9.78 Å². The van der Waals surface area contributed by atoms with Gasteiger partial charge in [0.05, 0.1) is 17.6 Å². The van der Waals surface area contributed by atoms with Gasteiger partial charge in [-0.15, -0.1) is 0 Å². The van der Waals surface area contributed by atoms with Gasteiger partial charge in [0.15, 0.2) is 11.6 Å². The predicted octanol–water partition coefficient (Wildman–Crippen LogP) is 5.71. The molecule has 0 radical (unpaired) electrons. The van der Waals surface area contributed by atoms with Crippen LogP contribution in [0.1, 0.15) is 42.4 Å². The molecule has 2 amide bonds. The van der Waals surface area contributed by atoms with E-state index >= 15 is 0 Å². The molecule has 1 aliphatic heterocycles. The third kappa shape index (κ3) is 4.90. The second-order valence-corrected chi connectivity index (χ2v) is 9.24. The van der Waals surface area contributed by atoms with E-state index in [0.29, 0.717) is 45.7 Å². The smallest absolute Gasteiger partial charge is 0.410 e. The molecule has 0 aliphatic carbocycles. The average Bonchev–Trinajstić information content (AvgIpc) is 2.72. The molecule has 1 aromatic heterocycles. The van der Waals surface area contributed by atoms with Crippen LogP contribution in [0.15, 0.2) is 36.4 Å². The first-order valence-corrected chi connectivity index (χ1v) is 10.7. The van der Waals surface area contributed by atoms with Crippen LogP contribution in [0.25, 0.3) is 10.9 Å². The Bertz CT molecular complexity index is 1270. The molecule has 6 nitrogen and oxygen atoms in total. The Morgan fingerprint density at radius 2 is 1.88 bits per heavy atom. The number of aromatic nitrogens is 1. The summed E-state index contributed by atoms with van der Waals surface area (Å²) >= 11 is 6.13. The van der Waals surface area contributed by atoms with Gasteiger partial charge in [-0.05, 0) is 45.0 Å². The molecule has 0 saturated carbocycles. The highest BCUT2D eigenvalue weighted by Gasteiger charge is 2.30. The van der Waals surface area contributed by atoms with Gasteiger partial charge in [0.25, 0.3) is 5.91 Å². The lowest BCUT2D eigenvalue weighted by molar-refractivity contribution is 0.0222. The van der Waals surface area contributed by atoms with Crippen molar-refractivity contribution in [3.8, 4) is 0 Å². The van der Waals surface area contributed by atoms with Crippen LogP contribution >= 0.6 is 11.6 Å². The molecule has 0 spiro atoms. The fraction of sp³-hybridized carbons (Fsp3) is 0.292. The van der Waals surface area contributed by atoms with Crippen molar-refractivity contribution in [3.63, 3.8) is 0 Å². The number of pyridine rings is 1. The van der Waals surface area contributed by atoms with Gasteiger partial charge in [-0.1, -0.05) is 17.7 Å². The molecular formula is C24H22ClF2N3O3. The molecule has 4 rings (SSSR count). The number of benzene rings is 2. The van der Waals surface area contributed by atoms with Gasteiger partial charge >= 0.3 is 6.09 Å². The van der Waals surface area contributed by atoms with Crippen molar-refractivity contribution in [1.29, 1.82) is 0 Å². The molecule has 0 atom stereocenters. The minimum atomic E-state index is -1.07. The normalized spacial score (nSPS) is 13.6. The van der Waals surface area contributed by atoms with Crippen LogP contribution in [0.3, 0.4) is 0 Å². The summed E-state index contributed by atoms with van der Waals surface area (Å²) in [5.74, 6) is -2.61. The van der Waals surface area contributed by atoms with Crippen LogP contribution in [0.5, 0.6) is 0 Å². The summed E-state index contributed by atoms with van der Waals surface area (Å²) in [6, 6.07) is 8.10. The van der Waals surface area contributed by atoms with E-state index in [1.807, 2.05) is 0 Å². The number of anilines is 1. The largest absolute Gasteiger partial charge is 0.444 e. The molecule has 1 N–H and O–H groups in total. The summed E-state index contributed by atoms with van der Waals surface area (Å²) in [6.45, 7) is 5.84. The number of halogens is 3. The number of rotatable bonds is 2. The second kappa shape index (κ2) is 8.59. The lowest BCUT2D eigenvalue weighted by Crippen LogP contribution is -2.41. The van der Waals surface area contributed by atoms with Gasteiger partial charge in [0, 0.05) is 46.4 Å². The highest BCUT2D eigenvalue weighted by atomic mass is 35.5. The van der Waals surface area contributed by atoms with Crippen LogP contribution in [0.4, 0.5) is 19.3 Å². The predicted molar refractivity (Wildman–Crippen MR) is 121 cm³/mol. The second-order valence-electron chi connectivity index (χ2n) is 8.81. The van der Waals surface area contributed by atoms with Crippen LogP contribution in [-0.2, 0) is 17.7 Å². The molecule has 0 saturated heterocycles. The Labute approximate surface area is 194 Å². The van der Waals surface area contributed by atoms with E-state index in [-0.39, 0.29) is 12.2 Å². The topological polar surface area (TPSA) is 71.5 Å². The van der Waals surface area contributed by atoms with Gasteiger partial charge in [0.1, 0.15) is 5.60 Å². The summed E-state index contributed by atoms with van der Waals surface area (Å²) in [7, 11) is 0. The van der Waals surface area contributed by atoms with E-state index in [1.165, 1.54) is 11.0 Å². The molecule has 2 aromatic carbocycles. The van der Waals surface area contributed by atoms with Gasteiger partial charge in [0.2, 0.25) is 0 Å². The minimum absolute atomic E-state index is 0.103. The van der Waals surface area contributed by atoms with Crippen LogP contribution in [0, 0.1) is 11.6 Å². The van der Waals surface area contributed by atoms with Gasteiger partial charge in [-0.25, -0.2) is 13.6 Å². The molecule has 2 heterocycles. The Morgan fingerprint density at radius 1 is 1.12 bits per heavy atom. The number of nitrogens with one attached hydrogen (secondary N) is 1. The molecule has 172 valence electrons. The third-order valence-electron chi connectivity index (χ3n) is 5.16. The Balaban J connectivity index is 1.77. The number of hydrogen-bond donors (Lipinski definition) is 1. The maximum atomic E-state index is 13.7. The maximum Gasteiger partial charge on any atom is 0.410 e. The molecular weight excluding hydrogens is 452 g/mol. The molecule has 1 aliphatic rings. The third-order valence-corrected chi connectivity index (χ3v) is 5.39. The van der Waals surface area contributed by atoms with Crippen LogP contribution < -0.4 is 5.32 Å². The first kappa shape index (κ1) is 22.9. The fourth-order valence-corrected chi connectivity index (χ4v) is 3.89. The van der Waals surface area contributed by atoms with Crippen molar-refractivity contribution in [2.45, 2.75) is 39.3 Å². The monoisotopic (exact) mass is 473 g/mol. The Kier molecular flexibility index (Phi) is 5.97. The highest BCUT2D eigenvalue weighted by Crippen LogP contribution is 2.31. The van der Waals surface area contributed by atoms with Crippen molar-refractivity contribution < 1.29 is 23.1 Å². The van der Waals surface area contributed by atoms with Gasteiger partial charge < -0.3 is 15.0 Å². The summed E-state index contributed by atoms with van der Waals surface area (Å²) in [6.07, 6.45) is -0.0704. The van der Waals surface area contributed by atoms with Crippen molar-refractivity contribution in [3.05, 3.63) is 69.9 Å². The standard InChI is InChI=1S/C24H22ClF2N3O3/c1-24(2,3)33-23(32)30-9-8-19-16(12-30)21(15-6-4-13(25)10-20(15)29-19)22(31)28-14-5-7-17(26)18(27)11-14/h4-7,10-11H,8-9,12H2,1-3H3,(H,28,31). The van der Waals surface area contributed by atoms with Gasteiger partial charge in [-0.2, -0.15) is 0 Å². The van der Waals surface area contributed by atoms with Crippen molar-refractivity contribution in [2.75, 3.05) is 11.9 Å². The number of ether oxygens (including phenoxy) is 1. The van der Waals surface area contributed by atoms with Crippen molar-refractivity contribution in [1.82, 2.24) is 9.88 Å². The SMILES string of the molecule is CC(C)(C)OC(=O)N1CCc2nc3cc(Cl)ccc3c(C(=O)Nc3ccc(F)c(F)c3)c2C1. The quantitative estimate of drug-likeness (QED) is 0.517. The first-order valence-electron chi connectivity index (χ1n) is 10.4. The van der Waals surface area contributed by atoms with E-state index in [4.69, 9.17) is 16.3 Å². The van der Waals surface area contributed by atoms with E-state index in [9.17, 15) is 18.4 Å². The van der Waals surface area contributed by atoms with Crippen LogP contribution in [-0.4, -0.2) is 34.0 Å². The van der Waals surface area contributed by atoms with E-state index in [2.05, 4.69) is 10.3 Å². The number of fused-ring (bicyclic) bond motifs is 2. The minimum Gasteiger partial charge on any atom is -0.444 e. The fourth-order valence-electron chi connectivity index (χ4n) is 3.73. The molecule has 0 bridgehead atoms. The van der Waals surface area contributed by atoms with Crippen molar-refractivity contribution in [2.24, 2.45) is 0 Å². The number of nitrogens with zero attached hydrogens (tertiary/aromatic N) is 2. The van der Waals surface area contributed by atoms with E-state index in [0.717, 1.165) is 12.1 Å². The Morgan fingerprint density at radius 3 is 2.58 bits per heavy atom. The lowest BCUT2D eigenvalue weighted by Gasteiger charge is -2.32. The molecule has 0 unspecified atom stereocenters. The Hall–Kier alpha value is -3.26. The summed E-state index contributed by atoms with van der Waals surface area (Å²) in [5, 5.41) is 3.62. The number of hydrogen-bond acceptors (Lipinski definition) is 4. The zero-order valence-corrected chi connectivity index (χ0v) is 19.1. The number of carbonyl (C=O) groups is 2. The molecule has 9 heteroatoms. The summed E-state index contributed by atoms with van der Waals surface area (Å²) in [5.41, 5.74) is 1.50. The van der Waals surface area contributed by atoms with E-state index in [1.54, 1.807) is 39.0 Å². The summed E-state index contributed by atoms with van der Waals surface area (Å²) < 4.78 is 32.5. The molecule has 3 aromatic rings. The first-order chi connectivity index (χ1) is 15.5. The zero-order chi connectivity index (χ0) is 23.9. The molecule has 0 fully saturated rings. The lowest BCUT2D eigenvalue weighted by atomic mass is 9.95.